The fourth-order valence-electron chi connectivity index (χ4n) is 1.71. The van der Waals surface area contributed by atoms with Gasteiger partial charge in [-0.3, -0.25) is 0 Å². The molecule has 0 spiro atoms. The van der Waals surface area contributed by atoms with Gasteiger partial charge in [0, 0.05) is 12.6 Å². The van der Waals surface area contributed by atoms with Crippen molar-refractivity contribution in [3.05, 3.63) is 0 Å². The van der Waals surface area contributed by atoms with Crippen molar-refractivity contribution in [1.29, 1.82) is 0 Å². The molecular formula is C13H24N2O3. The van der Waals surface area contributed by atoms with Crippen LogP contribution in [0, 0.1) is 5.92 Å². The van der Waals surface area contributed by atoms with Crippen LogP contribution in [0.1, 0.15) is 47.0 Å². The second-order valence-corrected chi connectivity index (χ2v) is 5.61. The van der Waals surface area contributed by atoms with E-state index in [0.717, 1.165) is 6.54 Å². The maximum atomic E-state index is 12.2. The molecule has 0 radical (unpaired) electrons. The van der Waals surface area contributed by atoms with E-state index in [1.54, 1.807) is 18.7 Å². The van der Waals surface area contributed by atoms with E-state index in [1.807, 2.05) is 13.8 Å². The van der Waals surface area contributed by atoms with E-state index in [1.165, 1.54) is 12.8 Å². The van der Waals surface area contributed by atoms with Gasteiger partial charge in [0.2, 0.25) is 0 Å². The van der Waals surface area contributed by atoms with Crippen molar-refractivity contribution in [1.82, 2.24) is 10.2 Å². The summed E-state index contributed by atoms with van der Waals surface area (Å²) < 4.78 is 0. The van der Waals surface area contributed by atoms with E-state index in [0.29, 0.717) is 12.3 Å². The Labute approximate surface area is 109 Å². The van der Waals surface area contributed by atoms with Crippen molar-refractivity contribution < 1.29 is 14.7 Å². The third-order valence-electron chi connectivity index (χ3n) is 3.60. The second-order valence-electron chi connectivity index (χ2n) is 5.61. The van der Waals surface area contributed by atoms with Gasteiger partial charge in [0.25, 0.3) is 0 Å². The smallest absolute Gasteiger partial charge is 0.329 e. The van der Waals surface area contributed by atoms with Crippen LogP contribution >= 0.6 is 0 Å². The lowest BCUT2D eigenvalue weighted by atomic mass is 9.99. The van der Waals surface area contributed by atoms with Crippen molar-refractivity contribution in [2.45, 2.75) is 58.5 Å². The molecule has 1 aliphatic rings. The Balaban J connectivity index is 2.67. The first-order chi connectivity index (χ1) is 8.30. The summed E-state index contributed by atoms with van der Waals surface area (Å²) >= 11 is 0. The van der Waals surface area contributed by atoms with Crippen LogP contribution < -0.4 is 5.32 Å². The van der Waals surface area contributed by atoms with Crippen LogP contribution in [0.5, 0.6) is 0 Å². The SMILES string of the molecule is CCC(C)(NC(=O)N(CC1CC1)C(C)C)C(=O)O. The van der Waals surface area contributed by atoms with Crippen LogP contribution in [0.2, 0.25) is 0 Å². The largest absolute Gasteiger partial charge is 0.480 e. The number of carboxylic acid groups (broad SMARTS) is 1. The molecule has 0 aliphatic heterocycles. The Bertz CT molecular complexity index is 326. The number of amides is 2. The normalized spacial score (nSPS) is 18.3. The standard InChI is InChI=1S/C13H24N2O3/c1-5-13(4,11(16)17)14-12(18)15(9(2)3)8-10-6-7-10/h9-10H,5-8H2,1-4H3,(H,14,18)(H,16,17). The molecule has 0 heterocycles. The highest BCUT2D eigenvalue weighted by Gasteiger charge is 2.36. The molecule has 18 heavy (non-hydrogen) atoms. The molecule has 0 bridgehead atoms. The molecule has 0 aromatic carbocycles. The van der Waals surface area contributed by atoms with E-state index in [-0.39, 0.29) is 12.1 Å². The molecule has 1 aliphatic carbocycles. The van der Waals surface area contributed by atoms with Crippen LogP contribution in [0.4, 0.5) is 4.79 Å². The zero-order chi connectivity index (χ0) is 13.9. The number of carbonyl (C=O) groups is 2. The molecule has 1 fully saturated rings. The number of carboxylic acids is 1. The summed E-state index contributed by atoms with van der Waals surface area (Å²) in [6.07, 6.45) is 2.70. The number of hydrogen-bond acceptors (Lipinski definition) is 2. The molecule has 1 rings (SSSR count). The highest BCUT2D eigenvalue weighted by molar-refractivity contribution is 5.86. The van der Waals surface area contributed by atoms with Gasteiger partial charge in [-0.25, -0.2) is 9.59 Å². The molecule has 0 aromatic heterocycles. The predicted octanol–water partition coefficient (Wildman–Crippen LogP) is 2.07. The lowest BCUT2D eigenvalue weighted by Crippen LogP contribution is -2.57. The lowest BCUT2D eigenvalue weighted by molar-refractivity contribution is -0.143. The molecule has 1 saturated carbocycles. The fraction of sp³-hybridized carbons (Fsp3) is 0.846. The summed E-state index contributed by atoms with van der Waals surface area (Å²) in [5.41, 5.74) is -1.19. The molecule has 5 nitrogen and oxygen atoms in total. The van der Waals surface area contributed by atoms with E-state index in [4.69, 9.17) is 5.11 Å². The van der Waals surface area contributed by atoms with Crippen molar-refractivity contribution in [2.75, 3.05) is 6.54 Å². The van der Waals surface area contributed by atoms with Gasteiger partial charge in [-0.1, -0.05) is 6.92 Å². The highest BCUT2D eigenvalue weighted by Crippen LogP contribution is 2.30. The van der Waals surface area contributed by atoms with Gasteiger partial charge >= 0.3 is 12.0 Å². The number of rotatable bonds is 6. The molecule has 1 atom stereocenters. The third kappa shape index (κ3) is 3.62. The zero-order valence-corrected chi connectivity index (χ0v) is 11.7. The van der Waals surface area contributed by atoms with Gasteiger partial charge in [0.05, 0.1) is 0 Å². The summed E-state index contributed by atoms with van der Waals surface area (Å²) in [5.74, 6) is -0.399. The van der Waals surface area contributed by atoms with Crippen LogP contribution in [0.15, 0.2) is 0 Å². The van der Waals surface area contributed by atoms with Gasteiger partial charge in [0.1, 0.15) is 5.54 Å². The number of urea groups is 1. The maximum absolute atomic E-state index is 12.2. The van der Waals surface area contributed by atoms with E-state index >= 15 is 0 Å². The van der Waals surface area contributed by atoms with Crippen LogP contribution in [0.3, 0.4) is 0 Å². The molecule has 2 amide bonds. The van der Waals surface area contributed by atoms with E-state index in [2.05, 4.69) is 5.32 Å². The molecule has 0 aromatic rings. The minimum Gasteiger partial charge on any atom is -0.480 e. The lowest BCUT2D eigenvalue weighted by Gasteiger charge is -2.32. The molecule has 5 heteroatoms. The molecule has 1 unspecified atom stereocenters. The summed E-state index contributed by atoms with van der Waals surface area (Å²) in [4.78, 5) is 25.1. The van der Waals surface area contributed by atoms with Crippen molar-refractivity contribution in [2.24, 2.45) is 5.92 Å². The van der Waals surface area contributed by atoms with Gasteiger partial charge in [-0.15, -0.1) is 0 Å². The summed E-state index contributed by atoms with van der Waals surface area (Å²) in [6, 6.07) is -0.191. The van der Waals surface area contributed by atoms with Gasteiger partial charge in [-0.05, 0) is 46.0 Å². The number of nitrogens with one attached hydrogen (secondary N) is 1. The summed E-state index contributed by atoms with van der Waals surface area (Å²) in [5, 5.41) is 11.8. The first kappa shape index (κ1) is 14.8. The van der Waals surface area contributed by atoms with Crippen LogP contribution in [-0.2, 0) is 4.79 Å². The zero-order valence-electron chi connectivity index (χ0n) is 11.7. The Morgan fingerprint density at radius 1 is 1.44 bits per heavy atom. The number of aliphatic carboxylic acids is 1. The number of nitrogens with zero attached hydrogens (tertiary/aromatic N) is 1. The monoisotopic (exact) mass is 256 g/mol. The highest BCUT2D eigenvalue weighted by atomic mass is 16.4. The topological polar surface area (TPSA) is 69.6 Å². The minimum absolute atomic E-state index is 0.0838. The average Bonchev–Trinajstić information content (AvgIpc) is 3.08. The van der Waals surface area contributed by atoms with Crippen molar-refractivity contribution in [3.63, 3.8) is 0 Å². The quantitative estimate of drug-likeness (QED) is 0.764. The van der Waals surface area contributed by atoms with Crippen molar-refractivity contribution in [3.8, 4) is 0 Å². The van der Waals surface area contributed by atoms with Gasteiger partial charge in [-0.2, -0.15) is 0 Å². The molecule has 2 N–H and O–H groups in total. The summed E-state index contributed by atoms with van der Waals surface area (Å²) in [7, 11) is 0. The van der Waals surface area contributed by atoms with Gasteiger partial charge in [0.15, 0.2) is 0 Å². The Morgan fingerprint density at radius 3 is 2.33 bits per heavy atom. The fourth-order valence-corrected chi connectivity index (χ4v) is 1.71. The summed E-state index contributed by atoms with van der Waals surface area (Å²) in [6.45, 7) is 7.93. The maximum Gasteiger partial charge on any atom is 0.329 e. The first-order valence-corrected chi connectivity index (χ1v) is 6.62. The second kappa shape index (κ2) is 5.59. The van der Waals surface area contributed by atoms with Crippen LogP contribution in [-0.4, -0.2) is 40.1 Å². The molecular weight excluding hydrogens is 232 g/mol. The average molecular weight is 256 g/mol. The van der Waals surface area contributed by atoms with Crippen molar-refractivity contribution >= 4 is 12.0 Å². The Hall–Kier alpha value is -1.26. The minimum atomic E-state index is -1.19. The van der Waals surface area contributed by atoms with Gasteiger partial charge < -0.3 is 15.3 Å². The predicted molar refractivity (Wildman–Crippen MR) is 69.4 cm³/mol. The van der Waals surface area contributed by atoms with E-state index in [9.17, 15) is 9.59 Å². The number of carbonyl (C=O) groups excluding carboxylic acids is 1. The Kier molecular flexibility index (Phi) is 4.59. The van der Waals surface area contributed by atoms with E-state index < -0.39 is 11.5 Å². The third-order valence-corrected chi connectivity index (χ3v) is 3.60. The molecule has 0 saturated heterocycles. The first-order valence-electron chi connectivity index (χ1n) is 6.62. The number of hydrogen-bond donors (Lipinski definition) is 2. The van der Waals surface area contributed by atoms with Crippen LogP contribution in [0.25, 0.3) is 0 Å². The molecule has 104 valence electrons. The Morgan fingerprint density at radius 2 is 2.00 bits per heavy atom.